The zero-order valence-electron chi connectivity index (χ0n) is 13.8. The number of carbonyl (C=O) groups excluding carboxylic acids is 1. The molecule has 0 radical (unpaired) electrons. The molecule has 1 N–H and O–H groups in total. The molecule has 1 aliphatic rings. The molecule has 5 nitrogen and oxygen atoms in total. The minimum atomic E-state index is -0.0559. The number of carbonyl (C=O) groups is 1. The molecule has 1 atom stereocenters. The lowest BCUT2D eigenvalue weighted by Gasteiger charge is -2.33. The van der Waals surface area contributed by atoms with E-state index in [0.717, 1.165) is 23.6 Å². The first kappa shape index (κ1) is 15.7. The first-order chi connectivity index (χ1) is 11.1. The van der Waals surface area contributed by atoms with E-state index in [1.54, 1.807) is 0 Å². The van der Waals surface area contributed by atoms with E-state index in [2.05, 4.69) is 33.0 Å². The molecule has 1 aromatic carbocycles. The number of nitrogens with one attached hydrogen (secondary N) is 1. The summed E-state index contributed by atoms with van der Waals surface area (Å²) in [5, 5.41) is 2.79. The first-order valence-electron chi connectivity index (χ1n) is 8.23. The van der Waals surface area contributed by atoms with Gasteiger partial charge in [-0.15, -0.1) is 0 Å². The summed E-state index contributed by atoms with van der Waals surface area (Å²) in [6.45, 7) is 3.67. The van der Waals surface area contributed by atoms with Crippen LogP contribution in [0.4, 0.5) is 5.69 Å². The number of likely N-dealkylation sites (tertiary alicyclic amines) is 1. The predicted octanol–water partition coefficient (Wildman–Crippen LogP) is 2.99. The summed E-state index contributed by atoms with van der Waals surface area (Å²) in [5.74, 6) is 0.929. The molecule has 0 saturated carbocycles. The van der Waals surface area contributed by atoms with Crippen LogP contribution in [0.15, 0.2) is 36.7 Å². The van der Waals surface area contributed by atoms with Crippen LogP contribution in [-0.2, 0) is 11.3 Å². The highest BCUT2D eigenvalue weighted by atomic mass is 16.1. The number of anilines is 1. The standard InChI is InChI=1S/C18H24N4O/c1-14(23)20-16-8-6-15(7-9-16)18-19-10-12-22(18)13-17-5-3-4-11-21(17)2/h6-10,12,17H,3-5,11,13H2,1-2H3,(H,20,23)/t17-/m0/s1. The van der Waals surface area contributed by atoms with Gasteiger partial charge in [0.05, 0.1) is 0 Å². The fourth-order valence-corrected chi connectivity index (χ4v) is 3.22. The molecule has 122 valence electrons. The topological polar surface area (TPSA) is 50.2 Å². The summed E-state index contributed by atoms with van der Waals surface area (Å²) in [6.07, 6.45) is 7.77. The smallest absolute Gasteiger partial charge is 0.221 e. The third-order valence-electron chi connectivity index (χ3n) is 4.51. The molecular formula is C18H24N4O. The number of rotatable bonds is 4. The summed E-state index contributed by atoms with van der Waals surface area (Å²) in [5.41, 5.74) is 1.88. The minimum Gasteiger partial charge on any atom is -0.329 e. The summed E-state index contributed by atoms with van der Waals surface area (Å²) >= 11 is 0. The van der Waals surface area contributed by atoms with Crippen molar-refractivity contribution in [3.8, 4) is 11.4 Å². The largest absolute Gasteiger partial charge is 0.329 e. The van der Waals surface area contributed by atoms with Gasteiger partial charge < -0.3 is 14.8 Å². The van der Waals surface area contributed by atoms with E-state index in [0.29, 0.717) is 6.04 Å². The molecule has 23 heavy (non-hydrogen) atoms. The molecule has 3 rings (SSSR count). The molecule has 1 fully saturated rings. The highest BCUT2D eigenvalue weighted by molar-refractivity contribution is 5.88. The van der Waals surface area contributed by atoms with Gasteiger partial charge in [0, 0.05) is 43.2 Å². The number of hydrogen-bond donors (Lipinski definition) is 1. The maximum Gasteiger partial charge on any atom is 0.221 e. The molecule has 1 saturated heterocycles. The third-order valence-corrected chi connectivity index (χ3v) is 4.51. The SMILES string of the molecule is CC(=O)Nc1ccc(-c2nccn2C[C@@H]2CCCCN2C)cc1. The number of likely N-dealkylation sites (N-methyl/N-ethyl adjacent to an activating group) is 1. The van der Waals surface area contributed by atoms with Crippen LogP contribution in [0.1, 0.15) is 26.2 Å². The lowest BCUT2D eigenvalue weighted by atomic mass is 10.0. The molecule has 5 heteroatoms. The number of nitrogens with zero attached hydrogens (tertiary/aromatic N) is 3. The first-order valence-corrected chi connectivity index (χ1v) is 8.23. The summed E-state index contributed by atoms with van der Waals surface area (Å²) in [7, 11) is 2.21. The van der Waals surface area contributed by atoms with Crippen LogP contribution in [0.5, 0.6) is 0 Å². The van der Waals surface area contributed by atoms with Gasteiger partial charge in [-0.25, -0.2) is 4.98 Å². The molecule has 1 aliphatic heterocycles. The average Bonchev–Trinajstić information content (AvgIpc) is 2.98. The Morgan fingerprint density at radius 1 is 1.30 bits per heavy atom. The van der Waals surface area contributed by atoms with Gasteiger partial charge in [0.15, 0.2) is 0 Å². The van der Waals surface area contributed by atoms with Crippen molar-refractivity contribution in [2.24, 2.45) is 0 Å². The number of hydrogen-bond acceptors (Lipinski definition) is 3. The van der Waals surface area contributed by atoms with Crippen LogP contribution in [0.25, 0.3) is 11.4 Å². The van der Waals surface area contributed by atoms with Gasteiger partial charge in [0.2, 0.25) is 5.91 Å². The van der Waals surface area contributed by atoms with Gasteiger partial charge in [-0.3, -0.25) is 4.79 Å². The number of piperidine rings is 1. The van der Waals surface area contributed by atoms with Crippen LogP contribution in [0.3, 0.4) is 0 Å². The Kier molecular flexibility index (Phi) is 4.76. The molecule has 1 amide bonds. The van der Waals surface area contributed by atoms with Gasteiger partial charge in [0.1, 0.15) is 5.82 Å². The molecule has 0 aliphatic carbocycles. The van der Waals surface area contributed by atoms with Crippen LogP contribution in [-0.4, -0.2) is 40.0 Å². The van der Waals surface area contributed by atoms with E-state index < -0.39 is 0 Å². The molecule has 2 aromatic rings. The fraction of sp³-hybridized carbons (Fsp3) is 0.444. The Hall–Kier alpha value is -2.14. The molecule has 0 unspecified atom stereocenters. The number of aromatic nitrogens is 2. The molecule has 0 spiro atoms. The van der Waals surface area contributed by atoms with Crippen molar-refractivity contribution >= 4 is 11.6 Å². The second-order valence-electron chi connectivity index (χ2n) is 6.29. The second-order valence-corrected chi connectivity index (χ2v) is 6.29. The highest BCUT2D eigenvalue weighted by Crippen LogP contribution is 2.23. The average molecular weight is 312 g/mol. The van der Waals surface area contributed by atoms with E-state index in [9.17, 15) is 4.79 Å². The number of benzene rings is 1. The molecule has 0 bridgehead atoms. The van der Waals surface area contributed by atoms with Gasteiger partial charge >= 0.3 is 0 Å². The van der Waals surface area contributed by atoms with E-state index in [1.165, 1.54) is 32.7 Å². The normalized spacial score (nSPS) is 18.8. The van der Waals surface area contributed by atoms with Crippen molar-refractivity contribution in [3.63, 3.8) is 0 Å². The molecule has 2 heterocycles. The number of imidazole rings is 1. The summed E-state index contributed by atoms with van der Waals surface area (Å²) in [4.78, 5) is 18.1. The maximum atomic E-state index is 11.1. The molecule has 1 aromatic heterocycles. The van der Waals surface area contributed by atoms with Crippen molar-refractivity contribution in [1.29, 1.82) is 0 Å². The fourth-order valence-electron chi connectivity index (χ4n) is 3.22. The van der Waals surface area contributed by atoms with Crippen LogP contribution < -0.4 is 5.32 Å². The zero-order chi connectivity index (χ0) is 16.2. The van der Waals surface area contributed by atoms with E-state index in [1.807, 2.05) is 30.5 Å². The van der Waals surface area contributed by atoms with Gasteiger partial charge in [-0.2, -0.15) is 0 Å². The monoisotopic (exact) mass is 312 g/mol. The Morgan fingerprint density at radius 3 is 2.78 bits per heavy atom. The van der Waals surface area contributed by atoms with Crippen LogP contribution >= 0.6 is 0 Å². The van der Waals surface area contributed by atoms with Crippen molar-refractivity contribution in [2.45, 2.75) is 38.8 Å². The second kappa shape index (κ2) is 6.96. The Morgan fingerprint density at radius 2 is 2.09 bits per heavy atom. The van der Waals surface area contributed by atoms with E-state index in [-0.39, 0.29) is 5.91 Å². The quantitative estimate of drug-likeness (QED) is 0.944. The highest BCUT2D eigenvalue weighted by Gasteiger charge is 2.20. The van der Waals surface area contributed by atoms with Crippen LogP contribution in [0, 0.1) is 0 Å². The van der Waals surface area contributed by atoms with Gasteiger partial charge in [-0.05, 0) is 50.7 Å². The van der Waals surface area contributed by atoms with Crippen molar-refractivity contribution in [2.75, 3.05) is 18.9 Å². The lowest BCUT2D eigenvalue weighted by Crippen LogP contribution is -2.39. The molecular weight excluding hydrogens is 288 g/mol. The predicted molar refractivity (Wildman–Crippen MR) is 92.2 cm³/mol. The van der Waals surface area contributed by atoms with E-state index in [4.69, 9.17) is 0 Å². The summed E-state index contributed by atoms with van der Waals surface area (Å²) in [6, 6.07) is 8.43. The van der Waals surface area contributed by atoms with Gasteiger partial charge in [0.25, 0.3) is 0 Å². The third kappa shape index (κ3) is 3.79. The Labute approximate surface area is 137 Å². The lowest BCUT2D eigenvalue weighted by molar-refractivity contribution is -0.114. The minimum absolute atomic E-state index is 0.0559. The van der Waals surface area contributed by atoms with Crippen molar-refractivity contribution < 1.29 is 4.79 Å². The Balaban J connectivity index is 1.76. The number of amides is 1. The van der Waals surface area contributed by atoms with Gasteiger partial charge in [-0.1, -0.05) is 6.42 Å². The summed E-state index contributed by atoms with van der Waals surface area (Å²) < 4.78 is 2.24. The maximum absolute atomic E-state index is 11.1. The Bertz CT molecular complexity index is 662. The van der Waals surface area contributed by atoms with Crippen LogP contribution in [0.2, 0.25) is 0 Å². The van der Waals surface area contributed by atoms with Crippen molar-refractivity contribution in [3.05, 3.63) is 36.7 Å². The zero-order valence-corrected chi connectivity index (χ0v) is 13.8. The van der Waals surface area contributed by atoms with Crippen molar-refractivity contribution in [1.82, 2.24) is 14.5 Å². The van der Waals surface area contributed by atoms with E-state index >= 15 is 0 Å².